The number of anilines is 2. The van der Waals surface area contributed by atoms with Gasteiger partial charge in [0.25, 0.3) is 5.91 Å². The molecule has 8 heteroatoms. The van der Waals surface area contributed by atoms with Gasteiger partial charge in [0.15, 0.2) is 0 Å². The Hall–Kier alpha value is -2.51. The van der Waals surface area contributed by atoms with E-state index in [0.717, 1.165) is 11.3 Å². The molecule has 2 aromatic rings. The van der Waals surface area contributed by atoms with Gasteiger partial charge in [-0.25, -0.2) is 0 Å². The SMILES string of the molecule is CCCNC(=O)c1ccc(Cl)cc1NC(=O)C(C)Sc1ccc(NC(C)=O)cc1. The highest BCUT2D eigenvalue weighted by molar-refractivity contribution is 8.00. The van der Waals surface area contributed by atoms with Crippen LogP contribution in [0, 0.1) is 0 Å². The van der Waals surface area contributed by atoms with Crippen LogP contribution in [0.1, 0.15) is 37.6 Å². The minimum atomic E-state index is -0.410. The van der Waals surface area contributed by atoms with Gasteiger partial charge in [-0.05, 0) is 55.8 Å². The third-order valence-electron chi connectivity index (χ3n) is 3.88. The van der Waals surface area contributed by atoms with Crippen LogP contribution in [0.5, 0.6) is 0 Å². The molecule has 29 heavy (non-hydrogen) atoms. The zero-order chi connectivity index (χ0) is 21.4. The third-order valence-corrected chi connectivity index (χ3v) is 5.22. The van der Waals surface area contributed by atoms with Crippen molar-refractivity contribution in [2.45, 2.75) is 37.3 Å². The number of carbonyl (C=O) groups is 3. The van der Waals surface area contributed by atoms with Crippen molar-refractivity contribution in [1.82, 2.24) is 5.32 Å². The standard InChI is InChI=1S/C21H24ClN3O3S/c1-4-11-23-21(28)18-10-5-15(22)12-19(18)25-20(27)13(2)29-17-8-6-16(7-9-17)24-14(3)26/h5-10,12-13H,4,11H2,1-3H3,(H,23,28)(H,24,26)(H,25,27). The summed E-state index contributed by atoms with van der Waals surface area (Å²) in [5.74, 6) is -0.640. The summed E-state index contributed by atoms with van der Waals surface area (Å²) in [6.45, 7) is 5.74. The Morgan fingerprint density at radius 1 is 1.07 bits per heavy atom. The monoisotopic (exact) mass is 433 g/mol. The number of rotatable bonds is 8. The summed E-state index contributed by atoms with van der Waals surface area (Å²) in [5, 5.41) is 8.33. The average molecular weight is 434 g/mol. The summed E-state index contributed by atoms with van der Waals surface area (Å²) >= 11 is 7.42. The van der Waals surface area contributed by atoms with E-state index in [9.17, 15) is 14.4 Å². The number of benzene rings is 2. The molecule has 0 heterocycles. The Bertz CT molecular complexity index is 887. The molecule has 0 aliphatic rings. The van der Waals surface area contributed by atoms with Crippen LogP contribution in [0.25, 0.3) is 0 Å². The fraction of sp³-hybridized carbons (Fsp3) is 0.286. The number of carbonyl (C=O) groups excluding carboxylic acids is 3. The van der Waals surface area contributed by atoms with Crippen LogP contribution in [0.15, 0.2) is 47.4 Å². The Morgan fingerprint density at radius 3 is 2.38 bits per heavy atom. The Morgan fingerprint density at radius 2 is 1.76 bits per heavy atom. The van der Waals surface area contributed by atoms with Gasteiger partial charge in [-0.1, -0.05) is 18.5 Å². The van der Waals surface area contributed by atoms with Crippen LogP contribution in [-0.4, -0.2) is 29.5 Å². The predicted octanol–water partition coefficient (Wildman–Crippen LogP) is 4.56. The second-order valence-corrected chi connectivity index (χ2v) is 8.25. The quantitative estimate of drug-likeness (QED) is 0.532. The van der Waals surface area contributed by atoms with Crippen LogP contribution < -0.4 is 16.0 Å². The number of hydrogen-bond acceptors (Lipinski definition) is 4. The highest BCUT2D eigenvalue weighted by atomic mass is 35.5. The molecule has 0 saturated carbocycles. The Balaban J connectivity index is 2.06. The number of amides is 3. The molecule has 0 aliphatic heterocycles. The van der Waals surface area contributed by atoms with Crippen molar-refractivity contribution in [3.05, 3.63) is 53.1 Å². The van der Waals surface area contributed by atoms with E-state index in [4.69, 9.17) is 11.6 Å². The summed E-state index contributed by atoms with van der Waals surface area (Å²) in [6.07, 6.45) is 0.815. The highest BCUT2D eigenvalue weighted by Crippen LogP contribution is 2.27. The first-order valence-electron chi connectivity index (χ1n) is 9.23. The fourth-order valence-electron chi connectivity index (χ4n) is 2.46. The fourth-order valence-corrected chi connectivity index (χ4v) is 3.50. The summed E-state index contributed by atoms with van der Waals surface area (Å²) in [5.41, 5.74) is 1.44. The van der Waals surface area contributed by atoms with Crippen molar-refractivity contribution in [1.29, 1.82) is 0 Å². The lowest BCUT2D eigenvalue weighted by atomic mass is 10.1. The van der Waals surface area contributed by atoms with Gasteiger partial charge in [-0.2, -0.15) is 0 Å². The van der Waals surface area contributed by atoms with Crippen molar-refractivity contribution in [2.75, 3.05) is 17.2 Å². The molecule has 1 atom stereocenters. The maximum absolute atomic E-state index is 12.7. The lowest BCUT2D eigenvalue weighted by molar-refractivity contribution is -0.115. The molecule has 0 aromatic heterocycles. The third kappa shape index (κ3) is 7.11. The van der Waals surface area contributed by atoms with Gasteiger partial charge in [0.05, 0.1) is 16.5 Å². The molecular weight excluding hydrogens is 410 g/mol. The van der Waals surface area contributed by atoms with E-state index in [1.807, 2.05) is 19.1 Å². The van der Waals surface area contributed by atoms with Crippen LogP contribution >= 0.6 is 23.4 Å². The van der Waals surface area contributed by atoms with Gasteiger partial charge < -0.3 is 16.0 Å². The van der Waals surface area contributed by atoms with Crippen LogP contribution in [0.4, 0.5) is 11.4 Å². The van der Waals surface area contributed by atoms with Crippen molar-refractivity contribution >= 4 is 52.5 Å². The van der Waals surface area contributed by atoms with E-state index >= 15 is 0 Å². The first-order chi connectivity index (χ1) is 13.8. The smallest absolute Gasteiger partial charge is 0.253 e. The zero-order valence-electron chi connectivity index (χ0n) is 16.5. The van der Waals surface area contributed by atoms with Gasteiger partial charge in [-0.3, -0.25) is 14.4 Å². The van der Waals surface area contributed by atoms with Gasteiger partial charge in [0.2, 0.25) is 11.8 Å². The predicted molar refractivity (Wildman–Crippen MR) is 119 cm³/mol. The van der Waals surface area contributed by atoms with Crippen LogP contribution in [-0.2, 0) is 9.59 Å². The number of hydrogen-bond donors (Lipinski definition) is 3. The molecule has 0 bridgehead atoms. The van der Waals surface area contributed by atoms with Gasteiger partial charge in [-0.15, -0.1) is 11.8 Å². The topological polar surface area (TPSA) is 87.3 Å². The minimum Gasteiger partial charge on any atom is -0.352 e. The molecular formula is C21H24ClN3O3S. The first kappa shape index (κ1) is 22.8. The number of nitrogens with one attached hydrogen (secondary N) is 3. The molecule has 0 aliphatic carbocycles. The molecule has 2 aromatic carbocycles. The van der Waals surface area contributed by atoms with E-state index in [0.29, 0.717) is 28.5 Å². The maximum Gasteiger partial charge on any atom is 0.253 e. The van der Waals surface area contributed by atoms with E-state index in [1.54, 1.807) is 37.3 Å². The lowest BCUT2D eigenvalue weighted by Crippen LogP contribution is -2.27. The summed E-state index contributed by atoms with van der Waals surface area (Å²) in [7, 11) is 0. The minimum absolute atomic E-state index is 0.140. The maximum atomic E-state index is 12.7. The van der Waals surface area contributed by atoms with E-state index in [-0.39, 0.29) is 17.7 Å². The molecule has 6 nitrogen and oxygen atoms in total. The van der Waals surface area contributed by atoms with Crippen molar-refractivity contribution in [3.8, 4) is 0 Å². The largest absolute Gasteiger partial charge is 0.352 e. The number of thioether (sulfide) groups is 1. The molecule has 0 radical (unpaired) electrons. The van der Waals surface area contributed by atoms with Crippen molar-refractivity contribution < 1.29 is 14.4 Å². The Kier molecular flexibility index (Phi) is 8.54. The summed E-state index contributed by atoms with van der Waals surface area (Å²) < 4.78 is 0. The molecule has 0 spiro atoms. The molecule has 0 fully saturated rings. The number of halogens is 1. The zero-order valence-corrected chi connectivity index (χ0v) is 18.1. The van der Waals surface area contributed by atoms with E-state index in [2.05, 4.69) is 16.0 Å². The molecule has 154 valence electrons. The van der Waals surface area contributed by atoms with Crippen LogP contribution in [0.2, 0.25) is 5.02 Å². The summed E-state index contributed by atoms with van der Waals surface area (Å²) in [4.78, 5) is 37.0. The highest BCUT2D eigenvalue weighted by Gasteiger charge is 2.18. The average Bonchev–Trinajstić information content (AvgIpc) is 2.67. The molecule has 2 rings (SSSR count). The second-order valence-electron chi connectivity index (χ2n) is 6.40. The first-order valence-corrected chi connectivity index (χ1v) is 10.5. The Labute approximate surface area is 179 Å². The lowest BCUT2D eigenvalue weighted by Gasteiger charge is -2.15. The van der Waals surface area contributed by atoms with Crippen LogP contribution in [0.3, 0.4) is 0 Å². The van der Waals surface area contributed by atoms with Gasteiger partial charge in [0, 0.05) is 29.1 Å². The van der Waals surface area contributed by atoms with Crippen molar-refractivity contribution in [2.24, 2.45) is 0 Å². The van der Waals surface area contributed by atoms with Gasteiger partial charge >= 0.3 is 0 Å². The van der Waals surface area contributed by atoms with Crippen molar-refractivity contribution in [3.63, 3.8) is 0 Å². The van der Waals surface area contributed by atoms with E-state index in [1.165, 1.54) is 18.7 Å². The normalized spacial score (nSPS) is 11.4. The molecule has 1 unspecified atom stereocenters. The van der Waals surface area contributed by atoms with Gasteiger partial charge in [0.1, 0.15) is 0 Å². The second kappa shape index (κ2) is 10.9. The van der Waals surface area contributed by atoms with E-state index < -0.39 is 5.25 Å². The molecule has 3 amide bonds. The molecule has 3 N–H and O–H groups in total. The molecule has 0 saturated heterocycles. The summed E-state index contributed by atoms with van der Waals surface area (Å²) in [6, 6.07) is 12.0.